The second-order valence-electron chi connectivity index (χ2n) is 3.23. The Morgan fingerprint density at radius 3 is 2.40 bits per heavy atom. The summed E-state index contributed by atoms with van der Waals surface area (Å²) >= 11 is 0. The Bertz CT molecular complexity index is 123. The van der Waals surface area contributed by atoms with E-state index in [4.69, 9.17) is 0 Å². The molecule has 1 rings (SSSR count). The molecule has 1 atom stereocenters. The summed E-state index contributed by atoms with van der Waals surface area (Å²) in [7, 11) is 0. The molecule has 1 unspecified atom stereocenters. The first-order valence-corrected chi connectivity index (χ1v) is 3.63. The van der Waals surface area contributed by atoms with E-state index in [0.717, 1.165) is 0 Å². The number of alkyl halides is 2. The van der Waals surface area contributed by atoms with Gasteiger partial charge >= 0.3 is 0 Å². The number of halogens is 2. The maximum Gasteiger partial charge on any atom is 0.252 e. The van der Waals surface area contributed by atoms with Crippen LogP contribution in [0.5, 0.6) is 0 Å². The molecule has 3 heteroatoms. The first kappa shape index (κ1) is 7.92. The highest BCUT2D eigenvalue weighted by molar-refractivity contribution is 4.96. The lowest BCUT2D eigenvalue weighted by molar-refractivity contribution is 0.0983. The Morgan fingerprint density at radius 2 is 2.10 bits per heavy atom. The number of rotatable bonds is 3. The Morgan fingerprint density at radius 1 is 1.60 bits per heavy atom. The predicted octanol–water partition coefficient (Wildman–Crippen LogP) is 1.64. The van der Waals surface area contributed by atoms with Gasteiger partial charge in [0.2, 0.25) is 0 Å². The summed E-state index contributed by atoms with van der Waals surface area (Å²) in [6.45, 7) is 4.38. The van der Waals surface area contributed by atoms with Gasteiger partial charge in [-0.25, -0.2) is 8.78 Å². The molecule has 0 bridgehead atoms. The van der Waals surface area contributed by atoms with Gasteiger partial charge in [-0.3, -0.25) is 0 Å². The molecule has 0 amide bonds. The van der Waals surface area contributed by atoms with Crippen LogP contribution in [0.15, 0.2) is 0 Å². The Balaban J connectivity index is 2.07. The maximum absolute atomic E-state index is 12.2. The summed E-state index contributed by atoms with van der Waals surface area (Å²) in [5, 5.41) is 2.98. The molecular formula is C7H13F2N. The molecule has 0 spiro atoms. The lowest BCUT2D eigenvalue weighted by atomic mass is 10.3. The van der Waals surface area contributed by atoms with Crippen molar-refractivity contribution in [3.05, 3.63) is 0 Å². The van der Waals surface area contributed by atoms with E-state index in [1.54, 1.807) is 0 Å². The van der Waals surface area contributed by atoms with Crippen LogP contribution >= 0.6 is 0 Å². The van der Waals surface area contributed by atoms with Crippen molar-refractivity contribution >= 4 is 0 Å². The molecule has 1 saturated carbocycles. The van der Waals surface area contributed by atoms with E-state index in [2.05, 4.69) is 5.32 Å². The van der Waals surface area contributed by atoms with E-state index in [-0.39, 0.29) is 6.42 Å². The number of hydrogen-bond acceptors (Lipinski definition) is 1. The van der Waals surface area contributed by atoms with Crippen molar-refractivity contribution in [2.24, 2.45) is 5.92 Å². The molecule has 0 heterocycles. The van der Waals surface area contributed by atoms with Gasteiger partial charge in [-0.1, -0.05) is 13.8 Å². The van der Waals surface area contributed by atoms with E-state index in [1.165, 1.54) is 0 Å². The van der Waals surface area contributed by atoms with Crippen LogP contribution in [0.1, 0.15) is 20.3 Å². The third kappa shape index (κ3) is 1.90. The fraction of sp³-hybridized carbons (Fsp3) is 1.00. The Hall–Kier alpha value is -0.180. The quantitative estimate of drug-likeness (QED) is 0.643. The highest BCUT2D eigenvalue weighted by Crippen LogP contribution is 2.47. The first-order valence-electron chi connectivity index (χ1n) is 3.63. The largest absolute Gasteiger partial charge is 0.314 e. The molecule has 0 saturated heterocycles. The van der Waals surface area contributed by atoms with Crippen LogP contribution in [0, 0.1) is 5.92 Å². The molecule has 10 heavy (non-hydrogen) atoms. The lowest BCUT2D eigenvalue weighted by Crippen LogP contribution is -2.26. The standard InChI is InChI=1S/C7H13F2N/c1-5(2)10-4-6-3-7(6,8)9/h5-6,10H,3-4H2,1-2H3. The van der Waals surface area contributed by atoms with Crippen LogP contribution in [0.2, 0.25) is 0 Å². The van der Waals surface area contributed by atoms with Gasteiger partial charge in [-0.15, -0.1) is 0 Å². The molecule has 1 aliphatic carbocycles. The summed E-state index contributed by atoms with van der Waals surface area (Å²) in [6.07, 6.45) is 0.0761. The van der Waals surface area contributed by atoms with Gasteiger partial charge in [0.15, 0.2) is 0 Å². The normalized spacial score (nSPS) is 29.1. The maximum atomic E-state index is 12.2. The molecular weight excluding hydrogens is 136 g/mol. The summed E-state index contributed by atoms with van der Waals surface area (Å²) in [4.78, 5) is 0. The van der Waals surface area contributed by atoms with Crippen molar-refractivity contribution in [1.82, 2.24) is 5.32 Å². The molecule has 1 N–H and O–H groups in total. The van der Waals surface area contributed by atoms with Gasteiger partial charge in [0.25, 0.3) is 5.92 Å². The average Bonchev–Trinajstić information content (AvgIpc) is 2.35. The van der Waals surface area contributed by atoms with E-state index >= 15 is 0 Å². The fourth-order valence-corrected chi connectivity index (χ4v) is 0.869. The van der Waals surface area contributed by atoms with E-state index in [1.807, 2.05) is 13.8 Å². The Kier molecular flexibility index (Phi) is 1.95. The van der Waals surface area contributed by atoms with Crippen molar-refractivity contribution in [1.29, 1.82) is 0 Å². The minimum absolute atomic E-state index is 0.0761. The molecule has 1 nitrogen and oxygen atoms in total. The van der Waals surface area contributed by atoms with E-state index in [0.29, 0.717) is 12.6 Å². The lowest BCUT2D eigenvalue weighted by Gasteiger charge is -2.05. The third-order valence-electron chi connectivity index (χ3n) is 1.73. The van der Waals surface area contributed by atoms with Gasteiger partial charge in [-0.2, -0.15) is 0 Å². The van der Waals surface area contributed by atoms with Gasteiger partial charge in [0, 0.05) is 24.9 Å². The molecule has 60 valence electrons. The molecule has 0 aromatic carbocycles. The van der Waals surface area contributed by atoms with Crippen molar-refractivity contribution in [2.45, 2.75) is 32.2 Å². The monoisotopic (exact) mass is 149 g/mol. The Labute approximate surface area is 59.8 Å². The van der Waals surface area contributed by atoms with Gasteiger partial charge in [0.05, 0.1) is 0 Å². The summed E-state index contributed by atoms with van der Waals surface area (Å²) in [5.41, 5.74) is 0. The molecule has 0 aromatic heterocycles. The zero-order valence-corrected chi connectivity index (χ0v) is 6.32. The SMILES string of the molecule is CC(C)NCC1CC1(F)F. The van der Waals surface area contributed by atoms with Crippen LogP contribution < -0.4 is 5.32 Å². The van der Waals surface area contributed by atoms with Gasteiger partial charge in [0.1, 0.15) is 0 Å². The number of hydrogen-bond donors (Lipinski definition) is 1. The zero-order chi connectivity index (χ0) is 7.78. The summed E-state index contributed by atoms with van der Waals surface area (Å²) < 4.78 is 24.4. The first-order chi connectivity index (χ1) is 4.52. The topological polar surface area (TPSA) is 12.0 Å². The fourth-order valence-electron chi connectivity index (χ4n) is 0.869. The van der Waals surface area contributed by atoms with Crippen LogP contribution in [0.25, 0.3) is 0 Å². The molecule has 0 aromatic rings. The average molecular weight is 149 g/mol. The summed E-state index contributed by atoms with van der Waals surface area (Å²) in [6, 6.07) is 0.316. The third-order valence-corrected chi connectivity index (χ3v) is 1.73. The molecule has 1 fully saturated rings. The minimum Gasteiger partial charge on any atom is -0.314 e. The van der Waals surface area contributed by atoms with Crippen LogP contribution in [-0.4, -0.2) is 18.5 Å². The zero-order valence-electron chi connectivity index (χ0n) is 6.32. The van der Waals surface area contributed by atoms with Crippen LogP contribution in [0.4, 0.5) is 8.78 Å². The van der Waals surface area contributed by atoms with Crippen molar-refractivity contribution < 1.29 is 8.78 Å². The highest BCUT2D eigenvalue weighted by Gasteiger charge is 2.56. The summed E-state index contributed by atoms with van der Waals surface area (Å²) in [5.74, 6) is -2.75. The highest BCUT2D eigenvalue weighted by atomic mass is 19.3. The smallest absolute Gasteiger partial charge is 0.252 e. The minimum atomic E-state index is -2.36. The van der Waals surface area contributed by atoms with Crippen LogP contribution in [-0.2, 0) is 0 Å². The molecule has 0 radical (unpaired) electrons. The second-order valence-corrected chi connectivity index (χ2v) is 3.23. The van der Waals surface area contributed by atoms with Crippen molar-refractivity contribution in [2.75, 3.05) is 6.54 Å². The second kappa shape index (κ2) is 2.46. The molecule has 0 aliphatic heterocycles. The molecule has 1 aliphatic rings. The predicted molar refractivity (Wildman–Crippen MR) is 36.2 cm³/mol. The van der Waals surface area contributed by atoms with Crippen molar-refractivity contribution in [3.63, 3.8) is 0 Å². The van der Waals surface area contributed by atoms with Crippen molar-refractivity contribution in [3.8, 4) is 0 Å². The number of nitrogens with one attached hydrogen (secondary N) is 1. The van der Waals surface area contributed by atoms with E-state index in [9.17, 15) is 8.78 Å². The van der Waals surface area contributed by atoms with Gasteiger partial charge in [-0.05, 0) is 0 Å². The van der Waals surface area contributed by atoms with Crippen LogP contribution in [0.3, 0.4) is 0 Å². The van der Waals surface area contributed by atoms with E-state index < -0.39 is 11.8 Å². The van der Waals surface area contributed by atoms with Gasteiger partial charge < -0.3 is 5.32 Å².